The van der Waals surface area contributed by atoms with Crippen LogP contribution < -0.4 is 10.2 Å². The van der Waals surface area contributed by atoms with E-state index in [1.165, 1.54) is 11.1 Å². The highest BCUT2D eigenvalue weighted by Crippen LogP contribution is 2.40. The van der Waals surface area contributed by atoms with Crippen molar-refractivity contribution in [2.24, 2.45) is 0 Å². The van der Waals surface area contributed by atoms with Gasteiger partial charge in [-0.15, -0.1) is 0 Å². The zero-order valence-electron chi connectivity index (χ0n) is 20.3. The van der Waals surface area contributed by atoms with Crippen molar-refractivity contribution in [3.05, 3.63) is 102 Å². The third-order valence-corrected chi connectivity index (χ3v) is 6.47. The summed E-state index contributed by atoms with van der Waals surface area (Å²) in [6, 6.07) is 25.6. The molecule has 0 radical (unpaired) electrons. The van der Waals surface area contributed by atoms with Gasteiger partial charge in [0.15, 0.2) is 5.54 Å². The fraction of sp³-hybridized carbons (Fsp3) is 0.267. The fourth-order valence-electron chi connectivity index (χ4n) is 4.28. The van der Waals surface area contributed by atoms with Crippen LogP contribution in [0.15, 0.2) is 84.9 Å². The van der Waals surface area contributed by atoms with Crippen LogP contribution in [0.5, 0.6) is 0 Å². The average molecular weight is 453 g/mol. The summed E-state index contributed by atoms with van der Waals surface area (Å²) in [5, 5.41) is 3.05. The lowest BCUT2D eigenvalue weighted by Crippen LogP contribution is -2.68. The molecule has 1 aliphatic heterocycles. The lowest BCUT2D eigenvalue weighted by molar-refractivity contribution is -0.134. The van der Waals surface area contributed by atoms with E-state index in [0.29, 0.717) is 11.8 Å². The Morgan fingerprint density at radius 2 is 1.41 bits per heavy atom. The highest BCUT2D eigenvalue weighted by molar-refractivity contribution is 6.18. The van der Waals surface area contributed by atoms with E-state index in [1.54, 1.807) is 4.90 Å². The second-order valence-electron chi connectivity index (χ2n) is 9.55. The average Bonchev–Trinajstić information content (AvgIpc) is 2.82. The SMILES string of the molecule is CC(C)c1ccc(NC(=O)C2(C=Cc3ccccc3)CC(=O)N2c2ccc(C(C)C)cc2)cc1. The van der Waals surface area contributed by atoms with Gasteiger partial charge in [0.2, 0.25) is 5.91 Å². The third-order valence-electron chi connectivity index (χ3n) is 6.47. The number of nitrogens with zero attached hydrogens (tertiary/aromatic N) is 1. The maximum absolute atomic E-state index is 13.7. The molecule has 1 unspecified atom stereocenters. The van der Waals surface area contributed by atoms with Crippen molar-refractivity contribution in [3.63, 3.8) is 0 Å². The van der Waals surface area contributed by atoms with Gasteiger partial charge in [-0.2, -0.15) is 0 Å². The van der Waals surface area contributed by atoms with Crippen molar-refractivity contribution in [2.45, 2.75) is 51.5 Å². The molecule has 0 aromatic heterocycles. The minimum atomic E-state index is -1.09. The summed E-state index contributed by atoms with van der Waals surface area (Å²) < 4.78 is 0. The zero-order chi connectivity index (χ0) is 24.3. The van der Waals surface area contributed by atoms with Crippen LogP contribution in [0.1, 0.15) is 62.6 Å². The van der Waals surface area contributed by atoms with Gasteiger partial charge in [-0.3, -0.25) is 14.5 Å². The van der Waals surface area contributed by atoms with Gasteiger partial charge in [0.05, 0.1) is 6.42 Å². The maximum atomic E-state index is 13.7. The molecule has 2 amide bonds. The summed E-state index contributed by atoms with van der Waals surface area (Å²) in [4.78, 5) is 28.2. The molecule has 1 atom stereocenters. The molecule has 1 fully saturated rings. The zero-order valence-corrected chi connectivity index (χ0v) is 20.3. The summed E-state index contributed by atoms with van der Waals surface area (Å²) in [6.07, 6.45) is 3.90. The molecule has 1 heterocycles. The monoisotopic (exact) mass is 452 g/mol. The van der Waals surface area contributed by atoms with Crippen LogP contribution in [0, 0.1) is 0 Å². The van der Waals surface area contributed by atoms with Crippen molar-refractivity contribution in [1.29, 1.82) is 0 Å². The Kier molecular flexibility index (Phi) is 6.69. The van der Waals surface area contributed by atoms with Crippen LogP contribution in [-0.4, -0.2) is 17.4 Å². The van der Waals surface area contributed by atoms with Gasteiger partial charge in [0.25, 0.3) is 5.91 Å². The molecule has 4 heteroatoms. The van der Waals surface area contributed by atoms with Crippen LogP contribution in [0.2, 0.25) is 0 Å². The summed E-state index contributed by atoms with van der Waals surface area (Å²) in [5.74, 6) is 0.518. The Bertz CT molecular complexity index is 1180. The second-order valence-corrected chi connectivity index (χ2v) is 9.55. The van der Waals surface area contributed by atoms with Crippen molar-refractivity contribution in [3.8, 4) is 0 Å². The van der Waals surface area contributed by atoms with Crippen LogP contribution in [0.25, 0.3) is 6.08 Å². The van der Waals surface area contributed by atoms with E-state index in [-0.39, 0.29) is 18.2 Å². The topological polar surface area (TPSA) is 49.4 Å². The molecule has 0 spiro atoms. The third kappa shape index (κ3) is 4.67. The summed E-state index contributed by atoms with van der Waals surface area (Å²) in [5.41, 5.74) is 3.73. The van der Waals surface area contributed by atoms with Crippen molar-refractivity contribution >= 4 is 29.3 Å². The molecular weight excluding hydrogens is 420 g/mol. The first-order valence-corrected chi connectivity index (χ1v) is 11.9. The van der Waals surface area contributed by atoms with Gasteiger partial charge in [-0.25, -0.2) is 0 Å². The molecule has 0 bridgehead atoms. The predicted molar refractivity (Wildman–Crippen MR) is 140 cm³/mol. The molecule has 3 aromatic rings. The number of rotatable bonds is 7. The Morgan fingerprint density at radius 1 is 0.853 bits per heavy atom. The van der Waals surface area contributed by atoms with E-state index in [9.17, 15) is 9.59 Å². The quantitative estimate of drug-likeness (QED) is 0.403. The van der Waals surface area contributed by atoms with Crippen LogP contribution in [-0.2, 0) is 9.59 Å². The highest BCUT2D eigenvalue weighted by Gasteiger charge is 2.55. The van der Waals surface area contributed by atoms with Crippen molar-refractivity contribution in [1.82, 2.24) is 0 Å². The number of β-lactam (4-membered cyclic amide) rings is 1. The van der Waals surface area contributed by atoms with E-state index in [4.69, 9.17) is 0 Å². The largest absolute Gasteiger partial charge is 0.324 e. The lowest BCUT2D eigenvalue weighted by Gasteiger charge is -2.48. The van der Waals surface area contributed by atoms with Crippen molar-refractivity contribution < 1.29 is 9.59 Å². The first-order valence-electron chi connectivity index (χ1n) is 11.9. The van der Waals surface area contributed by atoms with E-state index in [0.717, 1.165) is 16.9 Å². The summed E-state index contributed by atoms with van der Waals surface area (Å²) in [6.45, 7) is 8.54. The normalized spacial score (nSPS) is 17.9. The van der Waals surface area contributed by atoms with E-state index >= 15 is 0 Å². The van der Waals surface area contributed by atoms with Crippen molar-refractivity contribution in [2.75, 3.05) is 10.2 Å². The predicted octanol–water partition coefficient (Wildman–Crippen LogP) is 6.76. The molecule has 4 nitrogen and oxygen atoms in total. The Hall–Kier alpha value is -3.66. The fourth-order valence-corrected chi connectivity index (χ4v) is 4.28. The van der Waals surface area contributed by atoms with Crippen LogP contribution in [0.3, 0.4) is 0 Å². The van der Waals surface area contributed by atoms with Gasteiger partial charge >= 0.3 is 0 Å². The molecule has 1 N–H and O–H groups in total. The van der Waals surface area contributed by atoms with Gasteiger partial charge in [0.1, 0.15) is 0 Å². The molecule has 3 aromatic carbocycles. The number of amides is 2. The lowest BCUT2D eigenvalue weighted by atomic mass is 9.80. The number of anilines is 2. The molecule has 34 heavy (non-hydrogen) atoms. The number of carbonyl (C=O) groups is 2. The van der Waals surface area contributed by atoms with Gasteiger partial charge in [0, 0.05) is 11.4 Å². The van der Waals surface area contributed by atoms with Gasteiger partial charge in [-0.05, 0) is 58.9 Å². The van der Waals surface area contributed by atoms with Gasteiger partial charge in [-0.1, -0.05) is 88.4 Å². The number of nitrogens with one attached hydrogen (secondary N) is 1. The molecule has 174 valence electrons. The van der Waals surface area contributed by atoms with Crippen LogP contribution in [0.4, 0.5) is 11.4 Å². The molecule has 0 saturated carbocycles. The molecule has 0 aliphatic carbocycles. The number of hydrogen-bond donors (Lipinski definition) is 1. The molecule has 1 aliphatic rings. The van der Waals surface area contributed by atoms with Gasteiger partial charge < -0.3 is 5.32 Å². The summed E-state index contributed by atoms with van der Waals surface area (Å²) >= 11 is 0. The number of hydrogen-bond acceptors (Lipinski definition) is 2. The maximum Gasteiger partial charge on any atom is 0.255 e. The smallest absolute Gasteiger partial charge is 0.255 e. The minimum Gasteiger partial charge on any atom is -0.324 e. The standard InChI is InChI=1S/C30H32N2O2/c1-21(2)24-10-14-26(15-11-24)31-29(34)30(19-18-23-8-6-5-7-9-23)20-28(33)32(30)27-16-12-25(13-17-27)22(3)4/h5-19,21-22H,20H2,1-4H3,(H,31,34). The number of benzene rings is 3. The number of carbonyl (C=O) groups excluding carboxylic acids is 2. The first kappa shape index (κ1) is 23.5. The Balaban J connectivity index is 1.68. The van der Waals surface area contributed by atoms with Crippen LogP contribution >= 0.6 is 0 Å². The molecular formula is C30H32N2O2. The second kappa shape index (κ2) is 9.68. The van der Waals surface area contributed by atoms with E-state index in [1.807, 2.05) is 91.0 Å². The first-order chi connectivity index (χ1) is 16.3. The Morgan fingerprint density at radius 3 is 1.94 bits per heavy atom. The Labute approximate surface area is 202 Å². The van der Waals surface area contributed by atoms with E-state index < -0.39 is 5.54 Å². The minimum absolute atomic E-state index is 0.0692. The molecule has 4 rings (SSSR count). The summed E-state index contributed by atoms with van der Waals surface area (Å²) in [7, 11) is 0. The van der Waals surface area contributed by atoms with E-state index in [2.05, 4.69) is 33.0 Å². The highest BCUT2D eigenvalue weighted by atomic mass is 16.2. The molecule has 1 saturated heterocycles.